The zero-order chi connectivity index (χ0) is 10.7. The van der Waals surface area contributed by atoms with Crippen LogP contribution < -0.4 is 10.6 Å². The summed E-state index contributed by atoms with van der Waals surface area (Å²) in [6.07, 6.45) is 0. The number of halogens is 1. The minimum absolute atomic E-state index is 0.207. The molecule has 2 N–H and O–H groups in total. The summed E-state index contributed by atoms with van der Waals surface area (Å²) in [5, 5.41) is 0. The van der Waals surface area contributed by atoms with Crippen molar-refractivity contribution in [1.29, 1.82) is 0 Å². The fourth-order valence-corrected chi connectivity index (χ4v) is 0.993. The van der Waals surface area contributed by atoms with Gasteiger partial charge in [0, 0.05) is 13.1 Å². The molecule has 0 aliphatic rings. The number of hydrogen-bond acceptors (Lipinski definition) is 5. The molecule has 0 bridgehead atoms. The van der Waals surface area contributed by atoms with E-state index in [9.17, 15) is 0 Å². The van der Waals surface area contributed by atoms with Crippen molar-refractivity contribution in [2.24, 2.45) is 0 Å². The average molecular weight is 216 g/mol. The van der Waals surface area contributed by atoms with Gasteiger partial charge < -0.3 is 10.6 Å². The molecule has 1 aromatic heterocycles. The summed E-state index contributed by atoms with van der Waals surface area (Å²) < 4.78 is 0. The van der Waals surface area contributed by atoms with Gasteiger partial charge in [0.15, 0.2) is 5.82 Å². The first-order valence-corrected chi connectivity index (χ1v) is 4.87. The van der Waals surface area contributed by atoms with Gasteiger partial charge in [0.05, 0.1) is 5.88 Å². The van der Waals surface area contributed by atoms with E-state index in [0.29, 0.717) is 17.8 Å². The number of aromatic nitrogens is 3. The second-order valence-corrected chi connectivity index (χ2v) is 3.52. The molecule has 0 radical (unpaired) electrons. The molecule has 1 heterocycles. The third kappa shape index (κ3) is 2.45. The summed E-state index contributed by atoms with van der Waals surface area (Å²) in [6.45, 7) is 4.08. The van der Waals surface area contributed by atoms with Gasteiger partial charge in [0.2, 0.25) is 11.9 Å². The van der Waals surface area contributed by atoms with Crippen LogP contribution in [0, 0.1) is 0 Å². The Kier molecular flexibility index (Phi) is 3.46. The maximum absolute atomic E-state index is 5.63. The number of hydrogen-bond donors (Lipinski definition) is 1. The van der Waals surface area contributed by atoms with Crippen LogP contribution in [-0.2, 0) is 5.88 Å². The zero-order valence-electron chi connectivity index (χ0n) is 8.53. The number of alkyl halides is 1. The van der Waals surface area contributed by atoms with Crippen LogP contribution in [-0.4, -0.2) is 28.0 Å². The molecule has 0 aliphatic heterocycles. The second-order valence-electron chi connectivity index (χ2n) is 3.25. The fraction of sp³-hybridized carbons (Fsp3) is 0.625. The Hall–Kier alpha value is -1.10. The zero-order valence-corrected chi connectivity index (χ0v) is 9.28. The largest absolute Gasteiger partial charge is 0.368 e. The topological polar surface area (TPSA) is 67.9 Å². The molecule has 1 aromatic rings. The van der Waals surface area contributed by atoms with E-state index in [2.05, 4.69) is 15.0 Å². The molecule has 0 unspecified atom stereocenters. The van der Waals surface area contributed by atoms with E-state index in [1.807, 2.05) is 25.8 Å². The minimum Gasteiger partial charge on any atom is -0.368 e. The first-order valence-electron chi connectivity index (χ1n) is 4.33. The van der Waals surface area contributed by atoms with Gasteiger partial charge in [-0.3, -0.25) is 0 Å². The average Bonchev–Trinajstić information content (AvgIpc) is 2.15. The lowest BCUT2D eigenvalue weighted by Gasteiger charge is -2.21. The van der Waals surface area contributed by atoms with E-state index in [1.54, 1.807) is 0 Å². The minimum atomic E-state index is 0.207. The van der Waals surface area contributed by atoms with E-state index in [1.165, 1.54) is 0 Å². The standard InChI is InChI=1S/C8H14ClN5/c1-5(2)14(3)8-12-6(4-9)11-7(10)13-8/h5H,4H2,1-3H3,(H2,10,11,12,13). The van der Waals surface area contributed by atoms with Crippen molar-refractivity contribution in [2.45, 2.75) is 25.8 Å². The maximum Gasteiger partial charge on any atom is 0.230 e. The van der Waals surface area contributed by atoms with E-state index < -0.39 is 0 Å². The van der Waals surface area contributed by atoms with Crippen LogP contribution in [0.5, 0.6) is 0 Å². The van der Waals surface area contributed by atoms with Gasteiger partial charge in [-0.25, -0.2) is 0 Å². The highest BCUT2D eigenvalue weighted by atomic mass is 35.5. The van der Waals surface area contributed by atoms with Crippen LogP contribution in [0.2, 0.25) is 0 Å². The highest BCUT2D eigenvalue weighted by Crippen LogP contribution is 2.10. The van der Waals surface area contributed by atoms with Gasteiger partial charge in [-0.1, -0.05) is 0 Å². The Morgan fingerprint density at radius 1 is 1.36 bits per heavy atom. The first kappa shape index (κ1) is 11.0. The van der Waals surface area contributed by atoms with Gasteiger partial charge in [-0.15, -0.1) is 11.6 Å². The van der Waals surface area contributed by atoms with Gasteiger partial charge in [0.1, 0.15) is 0 Å². The number of nitrogens with two attached hydrogens (primary N) is 1. The number of anilines is 2. The third-order valence-electron chi connectivity index (χ3n) is 1.90. The van der Waals surface area contributed by atoms with Gasteiger partial charge in [-0.05, 0) is 13.8 Å². The van der Waals surface area contributed by atoms with Crippen molar-refractivity contribution in [3.8, 4) is 0 Å². The van der Waals surface area contributed by atoms with E-state index in [4.69, 9.17) is 17.3 Å². The monoisotopic (exact) mass is 215 g/mol. The molecule has 1 rings (SSSR count). The lowest BCUT2D eigenvalue weighted by molar-refractivity contribution is 0.722. The van der Waals surface area contributed by atoms with Crippen LogP contribution in [0.25, 0.3) is 0 Å². The Labute approximate surface area is 88.3 Å². The van der Waals surface area contributed by atoms with Gasteiger partial charge >= 0.3 is 0 Å². The van der Waals surface area contributed by atoms with Crippen LogP contribution in [0.4, 0.5) is 11.9 Å². The smallest absolute Gasteiger partial charge is 0.230 e. The SMILES string of the molecule is CC(C)N(C)c1nc(N)nc(CCl)n1. The van der Waals surface area contributed by atoms with E-state index in [-0.39, 0.29) is 11.8 Å². The van der Waals surface area contributed by atoms with Crippen molar-refractivity contribution in [3.63, 3.8) is 0 Å². The molecule has 0 saturated heterocycles. The highest BCUT2D eigenvalue weighted by Gasteiger charge is 2.10. The molecule has 0 fully saturated rings. The van der Waals surface area contributed by atoms with Crippen molar-refractivity contribution in [3.05, 3.63) is 5.82 Å². The van der Waals surface area contributed by atoms with Gasteiger partial charge in [-0.2, -0.15) is 15.0 Å². The fourth-order valence-electron chi connectivity index (χ4n) is 0.874. The second kappa shape index (κ2) is 4.41. The van der Waals surface area contributed by atoms with Crippen molar-refractivity contribution < 1.29 is 0 Å². The quantitative estimate of drug-likeness (QED) is 0.763. The normalized spacial score (nSPS) is 10.6. The van der Waals surface area contributed by atoms with Crippen LogP contribution in [0.15, 0.2) is 0 Å². The molecular weight excluding hydrogens is 202 g/mol. The van der Waals surface area contributed by atoms with Crippen LogP contribution in [0.1, 0.15) is 19.7 Å². The predicted molar refractivity (Wildman–Crippen MR) is 57.3 cm³/mol. The van der Waals surface area contributed by atoms with E-state index >= 15 is 0 Å². The van der Waals surface area contributed by atoms with Crippen LogP contribution >= 0.6 is 11.6 Å². The van der Waals surface area contributed by atoms with Gasteiger partial charge in [0.25, 0.3) is 0 Å². The predicted octanol–water partition coefficient (Wildman–Crippen LogP) is 1.04. The molecule has 0 spiro atoms. The van der Waals surface area contributed by atoms with Crippen molar-refractivity contribution >= 4 is 23.5 Å². The third-order valence-corrected chi connectivity index (χ3v) is 2.14. The lowest BCUT2D eigenvalue weighted by Crippen LogP contribution is -2.28. The Balaban J connectivity index is 3.02. The summed E-state index contributed by atoms with van der Waals surface area (Å²) in [5.41, 5.74) is 5.53. The number of rotatable bonds is 3. The number of nitrogen functional groups attached to an aromatic ring is 1. The highest BCUT2D eigenvalue weighted by molar-refractivity contribution is 6.16. The molecule has 0 aliphatic carbocycles. The van der Waals surface area contributed by atoms with Crippen molar-refractivity contribution in [2.75, 3.05) is 17.7 Å². The first-order chi connectivity index (χ1) is 6.54. The number of nitrogens with zero attached hydrogens (tertiary/aromatic N) is 4. The summed E-state index contributed by atoms with van der Waals surface area (Å²) in [7, 11) is 1.90. The lowest BCUT2D eigenvalue weighted by atomic mass is 10.4. The van der Waals surface area contributed by atoms with Crippen LogP contribution in [0.3, 0.4) is 0 Å². The molecule has 0 amide bonds. The molecule has 0 aromatic carbocycles. The molecule has 14 heavy (non-hydrogen) atoms. The van der Waals surface area contributed by atoms with Crippen molar-refractivity contribution in [1.82, 2.24) is 15.0 Å². The van der Waals surface area contributed by atoms with E-state index in [0.717, 1.165) is 0 Å². The maximum atomic E-state index is 5.63. The molecular formula is C8H14ClN5. The molecule has 6 heteroatoms. The molecule has 0 atom stereocenters. The molecule has 5 nitrogen and oxygen atoms in total. The Morgan fingerprint density at radius 3 is 2.50 bits per heavy atom. The summed E-state index contributed by atoms with van der Waals surface area (Å²) >= 11 is 5.63. The summed E-state index contributed by atoms with van der Waals surface area (Å²) in [5.74, 6) is 1.51. The summed E-state index contributed by atoms with van der Waals surface area (Å²) in [4.78, 5) is 14.0. The Morgan fingerprint density at radius 2 is 2.00 bits per heavy atom. The summed E-state index contributed by atoms with van der Waals surface area (Å²) in [6, 6.07) is 0.306. The molecule has 78 valence electrons. The molecule has 0 saturated carbocycles. The Bertz CT molecular complexity index is 315.